The Hall–Kier alpha value is -3.12. The summed E-state index contributed by atoms with van der Waals surface area (Å²) in [5, 5.41) is 6.64. The second-order valence-corrected chi connectivity index (χ2v) is 5.89. The molecule has 0 aliphatic heterocycles. The number of benzene rings is 2. The molecule has 0 aliphatic rings. The number of ether oxygens (including phenoxy) is 1. The van der Waals surface area contributed by atoms with Crippen molar-refractivity contribution >= 4 is 29.0 Å². The fraction of sp³-hybridized carbons (Fsp3) is 0.105. The number of hydrogen-bond acceptors (Lipinski definition) is 5. The van der Waals surface area contributed by atoms with Gasteiger partial charge in [-0.2, -0.15) is 0 Å². The second-order valence-electron chi connectivity index (χ2n) is 5.45. The standard InChI is InChI=1S/C19H17ClN4O2/c1-26-16-8-6-15(7-9-16)24-19(25)17-10-18(23-12-22-17)21-11-13-2-4-14(20)5-3-13/h2-10,12H,11H2,1H3,(H,24,25)(H,21,22,23). The topological polar surface area (TPSA) is 76.1 Å². The van der Waals surface area contributed by atoms with Gasteiger partial charge in [-0.1, -0.05) is 23.7 Å². The minimum absolute atomic E-state index is 0.273. The van der Waals surface area contributed by atoms with Crippen LogP contribution >= 0.6 is 11.6 Å². The van der Waals surface area contributed by atoms with E-state index in [1.807, 2.05) is 24.3 Å². The van der Waals surface area contributed by atoms with Crippen LogP contribution in [0.4, 0.5) is 11.5 Å². The average Bonchev–Trinajstić information content (AvgIpc) is 2.68. The monoisotopic (exact) mass is 368 g/mol. The average molecular weight is 369 g/mol. The van der Waals surface area contributed by atoms with Crippen molar-refractivity contribution < 1.29 is 9.53 Å². The number of carbonyl (C=O) groups excluding carboxylic acids is 1. The Bertz CT molecular complexity index is 883. The Kier molecular flexibility index (Phi) is 5.66. The molecule has 2 aromatic carbocycles. The number of nitrogens with one attached hydrogen (secondary N) is 2. The Balaban J connectivity index is 1.63. The lowest BCUT2D eigenvalue weighted by atomic mass is 10.2. The van der Waals surface area contributed by atoms with Gasteiger partial charge in [-0.25, -0.2) is 9.97 Å². The molecule has 3 rings (SSSR count). The van der Waals surface area contributed by atoms with Gasteiger partial charge in [0.2, 0.25) is 0 Å². The number of rotatable bonds is 6. The number of amides is 1. The lowest BCUT2D eigenvalue weighted by Crippen LogP contribution is -2.14. The maximum Gasteiger partial charge on any atom is 0.274 e. The normalized spacial score (nSPS) is 10.2. The van der Waals surface area contributed by atoms with E-state index in [1.165, 1.54) is 6.33 Å². The van der Waals surface area contributed by atoms with Crippen molar-refractivity contribution in [2.45, 2.75) is 6.54 Å². The van der Waals surface area contributed by atoms with Crippen LogP contribution < -0.4 is 15.4 Å². The zero-order valence-electron chi connectivity index (χ0n) is 14.1. The Morgan fingerprint density at radius 3 is 2.50 bits per heavy atom. The molecule has 132 valence electrons. The minimum Gasteiger partial charge on any atom is -0.497 e. The van der Waals surface area contributed by atoms with Gasteiger partial charge in [0.05, 0.1) is 7.11 Å². The summed E-state index contributed by atoms with van der Waals surface area (Å²) < 4.78 is 5.10. The smallest absolute Gasteiger partial charge is 0.274 e. The summed E-state index contributed by atoms with van der Waals surface area (Å²) in [4.78, 5) is 20.5. The molecule has 0 spiro atoms. The number of halogens is 1. The van der Waals surface area contributed by atoms with Gasteiger partial charge in [-0.15, -0.1) is 0 Å². The van der Waals surface area contributed by atoms with Gasteiger partial charge in [0, 0.05) is 23.3 Å². The van der Waals surface area contributed by atoms with Gasteiger partial charge in [-0.3, -0.25) is 4.79 Å². The first-order valence-electron chi connectivity index (χ1n) is 7.90. The van der Waals surface area contributed by atoms with Gasteiger partial charge in [0.15, 0.2) is 0 Å². The van der Waals surface area contributed by atoms with Gasteiger partial charge in [0.1, 0.15) is 23.6 Å². The molecule has 0 aliphatic carbocycles. The van der Waals surface area contributed by atoms with Crippen LogP contribution in [0.2, 0.25) is 5.02 Å². The molecule has 0 radical (unpaired) electrons. The van der Waals surface area contributed by atoms with E-state index in [4.69, 9.17) is 16.3 Å². The third-order valence-corrected chi connectivity index (χ3v) is 3.89. The van der Waals surface area contributed by atoms with Crippen molar-refractivity contribution in [2.75, 3.05) is 17.7 Å². The van der Waals surface area contributed by atoms with Gasteiger partial charge >= 0.3 is 0 Å². The predicted molar refractivity (Wildman–Crippen MR) is 102 cm³/mol. The molecule has 7 heteroatoms. The van der Waals surface area contributed by atoms with Crippen LogP contribution in [0.15, 0.2) is 60.9 Å². The number of hydrogen-bond donors (Lipinski definition) is 2. The van der Waals surface area contributed by atoms with E-state index < -0.39 is 0 Å². The van der Waals surface area contributed by atoms with Crippen LogP contribution in [0.5, 0.6) is 5.75 Å². The maximum absolute atomic E-state index is 12.4. The Morgan fingerprint density at radius 2 is 1.81 bits per heavy atom. The third kappa shape index (κ3) is 4.70. The zero-order chi connectivity index (χ0) is 18.4. The van der Waals surface area contributed by atoms with Crippen LogP contribution in [0.25, 0.3) is 0 Å². The van der Waals surface area contributed by atoms with E-state index in [0.29, 0.717) is 23.1 Å². The molecule has 6 nitrogen and oxygen atoms in total. The molecule has 0 unspecified atom stereocenters. The summed E-state index contributed by atoms with van der Waals surface area (Å²) in [6.45, 7) is 0.563. The first-order chi connectivity index (χ1) is 12.6. The summed E-state index contributed by atoms with van der Waals surface area (Å²) in [7, 11) is 1.59. The first-order valence-corrected chi connectivity index (χ1v) is 8.27. The summed E-state index contributed by atoms with van der Waals surface area (Å²) >= 11 is 5.88. The summed E-state index contributed by atoms with van der Waals surface area (Å²) in [5.74, 6) is 0.973. The number of anilines is 2. The Morgan fingerprint density at radius 1 is 1.08 bits per heavy atom. The lowest BCUT2D eigenvalue weighted by Gasteiger charge is -2.08. The molecule has 0 fully saturated rings. The third-order valence-electron chi connectivity index (χ3n) is 3.63. The largest absolute Gasteiger partial charge is 0.497 e. The van der Waals surface area contributed by atoms with E-state index in [1.54, 1.807) is 37.4 Å². The number of methoxy groups -OCH3 is 1. The van der Waals surface area contributed by atoms with Crippen molar-refractivity contribution in [1.29, 1.82) is 0 Å². The highest BCUT2D eigenvalue weighted by atomic mass is 35.5. The molecular weight excluding hydrogens is 352 g/mol. The van der Waals surface area contributed by atoms with Crippen molar-refractivity contribution in [2.24, 2.45) is 0 Å². The summed E-state index contributed by atoms with van der Waals surface area (Å²) in [5.41, 5.74) is 1.98. The molecule has 0 atom stereocenters. The fourth-order valence-electron chi connectivity index (χ4n) is 2.24. The molecule has 1 aromatic heterocycles. The lowest BCUT2D eigenvalue weighted by molar-refractivity contribution is 0.102. The van der Waals surface area contributed by atoms with E-state index in [-0.39, 0.29) is 11.6 Å². The van der Waals surface area contributed by atoms with Crippen LogP contribution in [0.3, 0.4) is 0 Å². The zero-order valence-corrected chi connectivity index (χ0v) is 14.8. The number of aromatic nitrogens is 2. The van der Waals surface area contributed by atoms with Crippen LogP contribution in [0.1, 0.15) is 16.1 Å². The van der Waals surface area contributed by atoms with E-state index in [2.05, 4.69) is 20.6 Å². The molecule has 26 heavy (non-hydrogen) atoms. The maximum atomic E-state index is 12.4. The molecular formula is C19H17ClN4O2. The molecule has 0 saturated heterocycles. The minimum atomic E-state index is -0.313. The van der Waals surface area contributed by atoms with Crippen molar-refractivity contribution in [3.63, 3.8) is 0 Å². The highest BCUT2D eigenvalue weighted by molar-refractivity contribution is 6.30. The van der Waals surface area contributed by atoms with Gasteiger partial charge in [-0.05, 0) is 42.0 Å². The first kappa shape index (κ1) is 17.7. The predicted octanol–water partition coefficient (Wildman–Crippen LogP) is 4.00. The number of carbonyl (C=O) groups is 1. The quantitative estimate of drug-likeness (QED) is 0.687. The summed E-state index contributed by atoms with van der Waals surface area (Å²) in [6, 6.07) is 16.2. The molecule has 1 amide bonds. The van der Waals surface area contributed by atoms with E-state index >= 15 is 0 Å². The second kappa shape index (κ2) is 8.31. The molecule has 3 aromatic rings. The van der Waals surface area contributed by atoms with Crippen molar-refractivity contribution in [1.82, 2.24) is 9.97 Å². The van der Waals surface area contributed by atoms with Crippen molar-refractivity contribution in [3.8, 4) is 5.75 Å². The van der Waals surface area contributed by atoms with Crippen LogP contribution in [0, 0.1) is 0 Å². The van der Waals surface area contributed by atoms with Crippen LogP contribution in [-0.2, 0) is 6.54 Å². The van der Waals surface area contributed by atoms with E-state index in [0.717, 1.165) is 11.3 Å². The SMILES string of the molecule is COc1ccc(NC(=O)c2cc(NCc3ccc(Cl)cc3)ncn2)cc1. The van der Waals surface area contributed by atoms with Gasteiger partial charge < -0.3 is 15.4 Å². The Labute approximate surface area is 156 Å². The summed E-state index contributed by atoms with van der Waals surface area (Å²) in [6.07, 6.45) is 1.35. The van der Waals surface area contributed by atoms with Crippen LogP contribution in [-0.4, -0.2) is 23.0 Å². The van der Waals surface area contributed by atoms with Crippen molar-refractivity contribution in [3.05, 3.63) is 77.2 Å². The number of nitrogens with zero attached hydrogens (tertiary/aromatic N) is 2. The molecule has 2 N–H and O–H groups in total. The molecule has 0 saturated carbocycles. The highest BCUT2D eigenvalue weighted by Gasteiger charge is 2.09. The van der Waals surface area contributed by atoms with E-state index in [9.17, 15) is 4.79 Å². The molecule has 0 bridgehead atoms. The highest BCUT2D eigenvalue weighted by Crippen LogP contribution is 2.16. The van der Waals surface area contributed by atoms with Gasteiger partial charge in [0.25, 0.3) is 5.91 Å². The molecule has 1 heterocycles. The fourth-order valence-corrected chi connectivity index (χ4v) is 2.37.